The van der Waals surface area contributed by atoms with Crippen molar-refractivity contribution in [1.82, 2.24) is 24.1 Å². The minimum Gasteiger partial charge on any atom is -0.315 e. The Kier molecular flexibility index (Phi) is 2.75. The summed E-state index contributed by atoms with van der Waals surface area (Å²) in [6.45, 7) is -0.138. The second-order valence-corrected chi connectivity index (χ2v) is 3.82. The number of imidazole rings is 1. The SMILES string of the molecule is Cn1c(=O)c2c(ncn2CC(=O)NN)n(C)c1=O. The Labute approximate surface area is 100 Å². The monoisotopic (exact) mass is 252 g/mol. The number of carbonyl (C=O) groups excluding carboxylic acids is 1. The summed E-state index contributed by atoms with van der Waals surface area (Å²) in [7, 11) is 2.87. The molecule has 18 heavy (non-hydrogen) atoms. The molecular formula is C9H12N6O3. The molecule has 0 aliphatic rings. The van der Waals surface area contributed by atoms with Gasteiger partial charge in [-0.2, -0.15) is 0 Å². The van der Waals surface area contributed by atoms with Gasteiger partial charge in [-0.3, -0.25) is 24.1 Å². The zero-order chi connectivity index (χ0) is 13.4. The van der Waals surface area contributed by atoms with E-state index in [1.54, 1.807) is 0 Å². The fraction of sp³-hybridized carbons (Fsp3) is 0.333. The number of hydrogen-bond donors (Lipinski definition) is 2. The molecule has 9 heteroatoms. The number of hydrazine groups is 1. The van der Waals surface area contributed by atoms with E-state index in [0.717, 1.165) is 4.57 Å². The van der Waals surface area contributed by atoms with Crippen LogP contribution in [0.25, 0.3) is 11.2 Å². The lowest BCUT2D eigenvalue weighted by Crippen LogP contribution is -2.38. The molecule has 2 aromatic heterocycles. The van der Waals surface area contributed by atoms with Gasteiger partial charge in [0, 0.05) is 14.1 Å². The van der Waals surface area contributed by atoms with Gasteiger partial charge in [0.1, 0.15) is 6.54 Å². The summed E-state index contributed by atoms with van der Waals surface area (Å²) in [4.78, 5) is 38.8. The highest BCUT2D eigenvalue weighted by molar-refractivity contribution is 5.78. The van der Waals surface area contributed by atoms with Crippen LogP contribution in [0.5, 0.6) is 0 Å². The summed E-state index contributed by atoms with van der Waals surface area (Å²) < 4.78 is 3.55. The van der Waals surface area contributed by atoms with Crippen LogP contribution in [0.3, 0.4) is 0 Å². The summed E-state index contributed by atoms with van der Waals surface area (Å²) >= 11 is 0. The Morgan fingerprint density at radius 2 is 2.06 bits per heavy atom. The molecule has 96 valence electrons. The van der Waals surface area contributed by atoms with Gasteiger partial charge in [-0.15, -0.1) is 0 Å². The van der Waals surface area contributed by atoms with Crippen LogP contribution < -0.4 is 22.5 Å². The Hall–Kier alpha value is -2.42. The fourth-order valence-corrected chi connectivity index (χ4v) is 1.72. The number of aromatic nitrogens is 4. The number of fused-ring (bicyclic) bond motifs is 1. The summed E-state index contributed by atoms with van der Waals surface area (Å²) in [5.74, 6) is 4.52. The lowest BCUT2D eigenvalue weighted by atomic mass is 10.5. The second-order valence-electron chi connectivity index (χ2n) is 3.82. The maximum Gasteiger partial charge on any atom is 0.332 e. The minimum absolute atomic E-state index is 0.138. The molecule has 0 saturated carbocycles. The van der Waals surface area contributed by atoms with Crippen LogP contribution in [0.15, 0.2) is 15.9 Å². The van der Waals surface area contributed by atoms with Gasteiger partial charge in [0.15, 0.2) is 11.2 Å². The van der Waals surface area contributed by atoms with Gasteiger partial charge in [0.2, 0.25) is 0 Å². The lowest BCUT2D eigenvalue weighted by Gasteiger charge is -2.05. The van der Waals surface area contributed by atoms with Crippen molar-refractivity contribution in [3.8, 4) is 0 Å². The first-order valence-electron chi connectivity index (χ1n) is 5.07. The Morgan fingerprint density at radius 1 is 1.39 bits per heavy atom. The highest BCUT2D eigenvalue weighted by atomic mass is 16.2. The van der Waals surface area contributed by atoms with Crippen LogP contribution in [0.2, 0.25) is 0 Å². The van der Waals surface area contributed by atoms with E-state index in [1.165, 1.54) is 29.6 Å². The summed E-state index contributed by atoms with van der Waals surface area (Å²) in [5.41, 5.74) is 1.40. The molecule has 0 unspecified atom stereocenters. The number of aryl methyl sites for hydroxylation is 1. The zero-order valence-electron chi connectivity index (χ0n) is 9.88. The third-order valence-electron chi connectivity index (χ3n) is 2.69. The molecule has 0 aliphatic heterocycles. The Morgan fingerprint density at radius 3 is 2.67 bits per heavy atom. The van der Waals surface area contributed by atoms with Gasteiger partial charge in [0.05, 0.1) is 6.33 Å². The smallest absolute Gasteiger partial charge is 0.315 e. The molecule has 2 heterocycles. The molecule has 0 spiro atoms. The maximum absolute atomic E-state index is 12.0. The average molecular weight is 252 g/mol. The zero-order valence-corrected chi connectivity index (χ0v) is 9.88. The molecule has 2 aromatic rings. The highest BCUT2D eigenvalue weighted by Gasteiger charge is 2.15. The number of amides is 1. The number of hydrogen-bond acceptors (Lipinski definition) is 5. The first-order chi connectivity index (χ1) is 8.47. The predicted molar refractivity (Wildman–Crippen MR) is 62.5 cm³/mol. The summed E-state index contributed by atoms with van der Waals surface area (Å²) in [6, 6.07) is 0. The van der Waals surface area contributed by atoms with E-state index in [2.05, 4.69) is 4.98 Å². The molecule has 1 amide bonds. The van der Waals surface area contributed by atoms with Gasteiger partial charge < -0.3 is 4.57 Å². The molecule has 9 nitrogen and oxygen atoms in total. The topological polar surface area (TPSA) is 117 Å². The third kappa shape index (κ3) is 1.61. The number of rotatable bonds is 2. The van der Waals surface area contributed by atoms with Crippen LogP contribution in [0.4, 0.5) is 0 Å². The number of carbonyl (C=O) groups is 1. The van der Waals surface area contributed by atoms with E-state index in [-0.39, 0.29) is 17.7 Å². The van der Waals surface area contributed by atoms with Crippen molar-refractivity contribution < 1.29 is 4.79 Å². The fourth-order valence-electron chi connectivity index (χ4n) is 1.72. The first-order valence-corrected chi connectivity index (χ1v) is 5.07. The van der Waals surface area contributed by atoms with Gasteiger partial charge in [-0.05, 0) is 0 Å². The van der Waals surface area contributed by atoms with Crippen molar-refractivity contribution in [2.24, 2.45) is 19.9 Å². The van der Waals surface area contributed by atoms with E-state index in [0.29, 0.717) is 0 Å². The molecular weight excluding hydrogens is 240 g/mol. The van der Waals surface area contributed by atoms with Crippen molar-refractivity contribution >= 4 is 17.1 Å². The molecule has 0 radical (unpaired) electrons. The van der Waals surface area contributed by atoms with Crippen LogP contribution >= 0.6 is 0 Å². The Bertz CT molecular complexity index is 737. The predicted octanol–water partition coefficient (Wildman–Crippen LogP) is -2.58. The van der Waals surface area contributed by atoms with Crippen molar-refractivity contribution in [2.45, 2.75) is 6.54 Å². The molecule has 0 saturated heterocycles. The molecule has 2 rings (SSSR count). The molecule has 3 N–H and O–H groups in total. The maximum atomic E-state index is 12.0. The average Bonchev–Trinajstić information content (AvgIpc) is 2.77. The number of nitrogens with two attached hydrogens (primary N) is 1. The second kappa shape index (κ2) is 4.11. The normalized spacial score (nSPS) is 10.8. The van der Waals surface area contributed by atoms with Crippen molar-refractivity contribution in [3.63, 3.8) is 0 Å². The quantitative estimate of drug-likeness (QED) is 0.346. The van der Waals surface area contributed by atoms with Crippen molar-refractivity contribution in [1.29, 1.82) is 0 Å². The standard InChI is InChI=1S/C9H12N6O3/c1-13-7-6(8(17)14(2)9(13)18)15(4-11-7)3-5(16)12-10/h4H,3,10H2,1-2H3,(H,12,16). The lowest BCUT2D eigenvalue weighted by molar-refractivity contribution is -0.121. The molecule has 0 aliphatic carbocycles. The summed E-state index contributed by atoms with van der Waals surface area (Å²) in [6.07, 6.45) is 1.32. The molecule has 0 bridgehead atoms. The van der Waals surface area contributed by atoms with Crippen molar-refractivity contribution in [2.75, 3.05) is 0 Å². The number of nitrogens with zero attached hydrogens (tertiary/aromatic N) is 4. The Balaban J connectivity index is 2.78. The van der Waals surface area contributed by atoms with Crippen LogP contribution in [-0.2, 0) is 25.4 Å². The van der Waals surface area contributed by atoms with Crippen LogP contribution in [0.1, 0.15) is 0 Å². The minimum atomic E-state index is -0.504. The van der Waals surface area contributed by atoms with E-state index < -0.39 is 17.2 Å². The van der Waals surface area contributed by atoms with Crippen LogP contribution in [-0.4, -0.2) is 24.6 Å². The van der Waals surface area contributed by atoms with E-state index in [9.17, 15) is 14.4 Å². The van der Waals surface area contributed by atoms with E-state index in [4.69, 9.17) is 5.84 Å². The highest BCUT2D eigenvalue weighted by Crippen LogP contribution is 2.04. The van der Waals surface area contributed by atoms with Gasteiger partial charge in [-0.25, -0.2) is 15.6 Å². The van der Waals surface area contributed by atoms with Gasteiger partial charge in [-0.1, -0.05) is 0 Å². The van der Waals surface area contributed by atoms with E-state index in [1.807, 2.05) is 5.43 Å². The summed E-state index contributed by atoms with van der Waals surface area (Å²) in [5, 5.41) is 0. The molecule has 0 fully saturated rings. The van der Waals surface area contributed by atoms with E-state index >= 15 is 0 Å². The van der Waals surface area contributed by atoms with Gasteiger partial charge >= 0.3 is 5.69 Å². The largest absolute Gasteiger partial charge is 0.332 e. The third-order valence-corrected chi connectivity index (χ3v) is 2.69. The number of nitrogens with one attached hydrogen (secondary N) is 1. The van der Waals surface area contributed by atoms with Gasteiger partial charge in [0.25, 0.3) is 11.5 Å². The first kappa shape index (κ1) is 12.0. The molecule has 0 aromatic carbocycles. The van der Waals surface area contributed by atoms with Crippen molar-refractivity contribution in [3.05, 3.63) is 27.2 Å². The molecule has 0 atom stereocenters. The van der Waals surface area contributed by atoms with Crippen LogP contribution in [0, 0.1) is 0 Å².